The van der Waals surface area contributed by atoms with Crippen LogP contribution in [0.2, 0.25) is 0 Å². The Kier molecular flexibility index (Phi) is 6.05. The molecule has 0 saturated heterocycles. The van der Waals surface area contributed by atoms with Crippen molar-refractivity contribution in [3.8, 4) is 28.6 Å². The maximum Gasteiger partial charge on any atom is 0.295 e. The van der Waals surface area contributed by atoms with Crippen LogP contribution in [-0.4, -0.2) is 20.7 Å². The topological polar surface area (TPSA) is 69.0 Å². The molecule has 35 heavy (non-hydrogen) atoms. The number of hydrogen-bond acceptors (Lipinski definition) is 4. The van der Waals surface area contributed by atoms with Crippen molar-refractivity contribution in [3.63, 3.8) is 0 Å². The number of aryl methyl sites for hydroxylation is 1. The summed E-state index contributed by atoms with van der Waals surface area (Å²) >= 11 is 0. The van der Waals surface area contributed by atoms with Crippen LogP contribution in [0.1, 0.15) is 16.2 Å². The summed E-state index contributed by atoms with van der Waals surface area (Å²) in [6.07, 6.45) is 0. The molecule has 5 rings (SSSR count). The molecule has 0 bridgehead atoms. The molecule has 4 aromatic carbocycles. The highest BCUT2D eigenvalue weighted by atomic mass is 19.1. The van der Waals surface area contributed by atoms with E-state index in [-0.39, 0.29) is 11.6 Å². The van der Waals surface area contributed by atoms with E-state index in [2.05, 4.69) is 15.4 Å². The van der Waals surface area contributed by atoms with E-state index in [0.717, 1.165) is 17.0 Å². The van der Waals surface area contributed by atoms with Gasteiger partial charge in [-0.15, -0.1) is 5.10 Å². The minimum atomic E-state index is -0.461. The predicted molar refractivity (Wildman–Crippen MR) is 132 cm³/mol. The third-order valence-electron chi connectivity index (χ3n) is 5.35. The zero-order valence-corrected chi connectivity index (χ0v) is 18.9. The van der Waals surface area contributed by atoms with E-state index >= 15 is 0 Å². The van der Waals surface area contributed by atoms with Crippen LogP contribution >= 0.6 is 0 Å². The van der Waals surface area contributed by atoms with Gasteiger partial charge in [0.2, 0.25) is 5.82 Å². The standard InChI is InChI=1S/C28H21FN4O2/c1-19-7-5-6-10-25(19)33-27(20-11-13-21(29)14-12-20)31-26(32-33)28(34)30-22-15-17-24(18-16-22)35-23-8-3-2-4-9-23/h2-18H,1H3,(H,30,34). The maximum absolute atomic E-state index is 13.5. The summed E-state index contributed by atoms with van der Waals surface area (Å²) in [6, 6.07) is 30.1. The van der Waals surface area contributed by atoms with E-state index in [0.29, 0.717) is 22.8 Å². The largest absolute Gasteiger partial charge is 0.457 e. The third-order valence-corrected chi connectivity index (χ3v) is 5.35. The Balaban J connectivity index is 1.41. The van der Waals surface area contributed by atoms with Gasteiger partial charge in [0.15, 0.2) is 5.82 Å². The van der Waals surface area contributed by atoms with Gasteiger partial charge in [-0.1, -0.05) is 36.4 Å². The Labute approximate surface area is 201 Å². The molecule has 0 fully saturated rings. The fourth-order valence-electron chi connectivity index (χ4n) is 3.58. The Morgan fingerprint density at radius 3 is 2.20 bits per heavy atom. The summed E-state index contributed by atoms with van der Waals surface area (Å²) in [7, 11) is 0. The number of carbonyl (C=O) groups is 1. The van der Waals surface area contributed by atoms with Gasteiger partial charge in [-0.2, -0.15) is 0 Å². The first-order valence-electron chi connectivity index (χ1n) is 11.0. The van der Waals surface area contributed by atoms with Crippen LogP contribution < -0.4 is 10.1 Å². The second-order valence-electron chi connectivity index (χ2n) is 7.86. The van der Waals surface area contributed by atoms with Gasteiger partial charge in [0.25, 0.3) is 5.91 Å². The number of rotatable bonds is 6. The molecule has 0 unspecified atom stereocenters. The number of hydrogen-bond donors (Lipinski definition) is 1. The number of carbonyl (C=O) groups excluding carboxylic acids is 1. The molecule has 0 saturated carbocycles. The lowest BCUT2D eigenvalue weighted by molar-refractivity contribution is 0.101. The van der Waals surface area contributed by atoms with Crippen LogP contribution in [-0.2, 0) is 0 Å². The van der Waals surface area contributed by atoms with Gasteiger partial charge in [0.05, 0.1) is 5.69 Å². The quantitative estimate of drug-likeness (QED) is 0.315. The van der Waals surface area contributed by atoms with Crippen molar-refractivity contribution >= 4 is 11.6 Å². The minimum absolute atomic E-state index is 0.00260. The number of nitrogens with one attached hydrogen (secondary N) is 1. The van der Waals surface area contributed by atoms with Crippen LogP contribution in [0.4, 0.5) is 10.1 Å². The van der Waals surface area contributed by atoms with Crippen molar-refractivity contribution in [1.82, 2.24) is 14.8 Å². The summed E-state index contributed by atoms with van der Waals surface area (Å²) in [5.41, 5.74) is 2.96. The normalized spacial score (nSPS) is 10.7. The smallest absolute Gasteiger partial charge is 0.295 e. The Bertz CT molecular complexity index is 1460. The van der Waals surface area contributed by atoms with Crippen molar-refractivity contribution < 1.29 is 13.9 Å². The summed E-state index contributed by atoms with van der Waals surface area (Å²) in [6.45, 7) is 1.95. The number of para-hydroxylation sites is 2. The predicted octanol–water partition coefficient (Wildman–Crippen LogP) is 6.43. The zero-order chi connectivity index (χ0) is 24.2. The summed E-state index contributed by atoms with van der Waals surface area (Å²) in [5.74, 6) is 0.998. The minimum Gasteiger partial charge on any atom is -0.457 e. The van der Waals surface area contributed by atoms with Crippen LogP contribution in [0.25, 0.3) is 17.1 Å². The molecule has 0 aliphatic rings. The first-order valence-corrected chi connectivity index (χ1v) is 11.0. The van der Waals surface area contributed by atoms with E-state index in [1.807, 2.05) is 61.5 Å². The SMILES string of the molecule is Cc1ccccc1-n1nc(C(=O)Nc2ccc(Oc3ccccc3)cc2)nc1-c1ccc(F)cc1. The number of nitrogens with zero attached hydrogens (tertiary/aromatic N) is 3. The van der Waals surface area contributed by atoms with Crippen molar-refractivity contribution in [2.45, 2.75) is 6.92 Å². The van der Waals surface area contributed by atoms with Gasteiger partial charge in [-0.3, -0.25) is 4.79 Å². The Morgan fingerprint density at radius 2 is 1.49 bits per heavy atom. The average Bonchev–Trinajstić information content (AvgIpc) is 3.32. The Morgan fingerprint density at radius 1 is 0.829 bits per heavy atom. The molecule has 0 spiro atoms. The molecule has 0 atom stereocenters. The molecular formula is C28H21FN4O2. The number of anilines is 1. The van der Waals surface area contributed by atoms with E-state index < -0.39 is 5.91 Å². The van der Waals surface area contributed by atoms with Crippen LogP contribution in [0.15, 0.2) is 103 Å². The second kappa shape index (κ2) is 9.61. The number of amides is 1. The molecule has 6 nitrogen and oxygen atoms in total. The van der Waals surface area contributed by atoms with Gasteiger partial charge in [-0.05, 0) is 79.2 Å². The molecule has 0 aliphatic heterocycles. The van der Waals surface area contributed by atoms with E-state index in [1.165, 1.54) is 12.1 Å². The van der Waals surface area contributed by atoms with E-state index in [4.69, 9.17) is 4.74 Å². The molecule has 0 aliphatic carbocycles. The monoisotopic (exact) mass is 464 g/mol. The highest BCUT2D eigenvalue weighted by Gasteiger charge is 2.20. The van der Waals surface area contributed by atoms with E-state index in [9.17, 15) is 9.18 Å². The maximum atomic E-state index is 13.5. The molecule has 1 N–H and O–H groups in total. The molecule has 1 heterocycles. The fraction of sp³-hybridized carbons (Fsp3) is 0.0357. The second-order valence-corrected chi connectivity index (χ2v) is 7.86. The fourth-order valence-corrected chi connectivity index (χ4v) is 3.58. The first kappa shape index (κ1) is 22.0. The molecule has 5 aromatic rings. The van der Waals surface area contributed by atoms with Crippen LogP contribution in [0, 0.1) is 12.7 Å². The van der Waals surface area contributed by atoms with Gasteiger partial charge in [-0.25, -0.2) is 14.1 Å². The van der Waals surface area contributed by atoms with Crippen LogP contribution in [0.3, 0.4) is 0 Å². The number of aromatic nitrogens is 3. The molecule has 172 valence electrons. The average molecular weight is 465 g/mol. The number of ether oxygens (including phenoxy) is 1. The van der Waals surface area contributed by atoms with Crippen LogP contribution in [0.5, 0.6) is 11.5 Å². The molecule has 7 heteroatoms. The Hall–Kier alpha value is -4.78. The molecule has 0 radical (unpaired) electrons. The summed E-state index contributed by atoms with van der Waals surface area (Å²) < 4.78 is 20.9. The highest BCUT2D eigenvalue weighted by molar-refractivity contribution is 6.01. The molecular weight excluding hydrogens is 443 g/mol. The lowest BCUT2D eigenvalue weighted by Crippen LogP contribution is -2.14. The zero-order valence-electron chi connectivity index (χ0n) is 18.9. The molecule has 1 amide bonds. The van der Waals surface area contributed by atoms with Gasteiger partial charge < -0.3 is 10.1 Å². The number of benzene rings is 4. The summed E-state index contributed by atoms with van der Waals surface area (Å²) in [5, 5.41) is 7.31. The first-order chi connectivity index (χ1) is 17.1. The molecule has 1 aromatic heterocycles. The highest BCUT2D eigenvalue weighted by Crippen LogP contribution is 2.25. The van der Waals surface area contributed by atoms with Crippen molar-refractivity contribution in [2.24, 2.45) is 0 Å². The number of halogens is 1. The summed E-state index contributed by atoms with van der Waals surface area (Å²) in [4.78, 5) is 17.5. The lowest BCUT2D eigenvalue weighted by Gasteiger charge is -2.08. The van der Waals surface area contributed by atoms with Gasteiger partial charge in [0, 0.05) is 11.3 Å². The lowest BCUT2D eigenvalue weighted by atomic mass is 10.1. The van der Waals surface area contributed by atoms with Crippen molar-refractivity contribution in [1.29, 1.82) is 0 Å². The van der Waals surface area contributed by atoms with E-state index in [1.54, 1.807) is 41.1 Å². The third kappa shape index (κ3) is 4.94. The van der Waals surface area contributed by atoms with Gasteiger partial charge in [0.1, 0.15) is 17.3 Å². The van der Waals surface area contributed by atoms with Crippen molar-refractivity contribution in [3.05, 3.63) is 120 Å². The van der Waals surface area contributed by atoms with Gasteiger partial charge >= 0.3 is 0 Å². The van der Waals surface area contributed by atoms with Crippen molar-refractivity contribution in [2.75, 3.05) is 5.32 Å².